The highest BCUT2D eigenvalue weighted by atomic mass is 16.5. The molecule has 2 aromatic carbocycles. The van der Waals surface area contributed by atoms with Crippen LogP contribution in [-0.4, -0.2) is 51.5 Å². The molecule has 2 unspecified atom stereocenters. The van der Waals surface area contributed by atoms with Crippen LogP contribution < -0.4 is 4.74 Å². The van der Waals surface area contributed by atoms with Gasteiger partial charge in [-0.25, -0.2) is 0 Å². The normalized spacial score (nSPS) is 21.8. The lowest BCUT2D eigenvalue weighted by Crippen LogP contribution is -2.45. The topological polar surface area (TPSA) is 130 Å². The van der Waals surface area contributed by atoms with Gasteiger partial charge in [0.25, 0.3) is 0 Å². The number of ether oxygens (including phenoxy) is 2. The van der Waals surface area contributed by atoms with Gasteiger partial charge in [0, 0.05) is 29.5 Å². The summed E-state index contributed by atoms with van der Waals surface area (Å²) < 4.78 is 11.1. The zero-order valence-corrected chi connectivity index (χ0v) is 18.2. The van der Waals surface area contributed by atoms with Crippen LogP contribution >= 0.6 is 0 Å². The van der Waals surface area contributed by atoms with E-state index < -0.39 is 40.6 Å². The molecule has 32 heavy (non-hydrogen) atoms. The van der Waals surface area contributed by atoms with Crippen molar-refractivity contribution in [1.29, 1.82) is 0 Å². The van der Waals surface area contributed by atoms with Crippen LogP contribution in [0.25, 0.3) is 0 Å². The largest absolute Gasteiger partial charge is 0.507 e. The van der Waals surface area contributed by atoms with Gasteiger partial charge in [-0.1, -0.05) is 12.1 Å². The number of fused-ring (bicyclic) bond motifs is 3. The fraction of sp³-hybridized carbons (Fsp3) is 0.375. The molecule has 3 N–H and O–H groups in total. The van der Waals surface area contributed by atoms with E-state index in [4.69, 9.17) is 9.47 Å². The average molecular weight is 440 g/mol. The molecule has 2 atom stereocenters. The number of phenols is 2. The Kier molecular flexibility index (Phi) is 5.10. The molecule has 8 heteroatoms. The summed E-state index contributed by atoms with van der Waals surface area (Å²) in [4.78, 5) is 38.9. The van der Waals surface area contributed by atoms with E-state index in [1.54, 1.807) is 19.9 Å². The van der Waals surface area contributed by atoms with Crippen molar-refractivity contribution in [1.82, 2.24) is 0 Å². The van der Waals surface area contributed by atoms with Crippen LogP contribution in [0.15, 0.2) is 18.2 Å². The summed E-state index contributed by atoms with van der Waals surface area (Å²) >= 11 is 0. The number of carbonyl (C=O) groups is 3. The summed E-state index contributed by atoms with van der Waals surface area (Å²) in [6.07, 6.45) is -1.82. The number of rotatable bonds is 4. The maximum atomic E-state index is 13.4. The van der Waals surface area contributed by atoms with Crippen LogP contribution in [-0.2, 0) is 16.0 Å². The molecule has 0 bridgehead atoms. The summed E-state index contributed by atoms with van der Waals surface area (Å²) in [5.74, 6) is -2.74. The first kappa shape index (κ1) is 22.0. The number of carbonyl (C=O) groups excluding carboxylic acids is 3. The zero-order valence-electron chi connectivity index (χ0n) is 18.2. The lowest BCUT2D eigenvalue weighted by molar-refractivity contribution is -0.142. The van der Waals surface area contributed by atoms with Gasteiger partial charge in [0.1, 0.15) is 22.8 Å². The molecule has 2 aliphatic rings. The molecule has 0 aromatic heterocycles. The number of phenolic OH excluding ortho intramolecular Hbond substituents is 2. The Morgan fingerprint density at radius 3 is 2.34 bits per heavy atom. The minimum absolute atomic E-state index is 0.000437. The third-order valence-corrected chi connectivity index (χ3v) is 6.17. The van der Waals surface area contributed by atoms with E-state index in [0.717, 1.165) is 0 Å². The molecule has 168 valence electrons. The number of hydrogen-bond acceptors (Lipinski definition) is 8. The first-order valence-electron chi connectivity index (χ1n) is 10.3. The number of aromatic hydroxyl groups is 2. The van der Waals surface area contributed by atoms with E-state index in [-0.39, 0.29) is 58.1 Å². The second kappa shape index (κ2) is 7.43. The summed E-state index contributed by atoms with van der Waals surface area (Å²) in [6, 6.07) is 4.51. The summed E-state index contributed by atoms with van der Waals surface area (Å²) in [5.41, 5.74) is -2.41. The van der Waals surface area contributed by atoms with Gasteiger partial charge in [-0.3, -0.25) is 14.4 Å². The summed E-state index contributed by atoms with van der Waals surface area (Å²) in [6.45, 7) is 4.71. The van der Waals surface area contributed by atoms with Crippen LogP contribution in [0.3, 0.4) is 0 Å². The van der Waals surface area contributed by atoms with Crippen molar-refractivity contribution >= 4 is 17.3 Å². The maximum Gasteiger partial charge on any atom is 0.202 e. The van der Waals surface area contributed by atoms with Crippen LogP contribution in [0, 0.1) is 0 Å². The molecule has 2 aliphatic carbocycles. The van der Waals surface area contributed by atoms with Crippen LogP contribution in [0.1, 0.15) is 76.3 Å². The summed E-state index contributed by atoms with van der Waals surface area (Å²) in [5, 5.41) is 33.3. The SMILES string of the molecule is COc1cccc2c1C(=O)c1c(O)c3c(c(O)c1C2=O)CC(O)(C(C)=O)CC3OC(C)C. The summed E-state index contributed by atoms with van der Waals surface area (Å²) in [7, 11) is 1.36. The van der Waals surface area contributed by atoms with Crippen LogP contribution in [0.5, 0.6) is 17.2 Å². The lowest BCUT2D eigenvalue weighted by Gasteiger charge is -2.39. The molecule has 4 rings (SSSR count). The van der Waals surface area contributed by atoms with E-state index in [2.05, 4.69) is 0 Å². The Hall–Kier alpha value is -3.23. The van der Waals surface area contributed by atoms with Crippen molar-refractivity contribution in [2.24, 2.45) is 0 Å². The highest BCUT2D eigenvalue weighted by molar-refractivity contribution is 6.31. The van der Waals surface area contributed by atoms with Gasteiger partial charge < -0.3 is 24.8 Å². The smallest absolute Gasteiger partial charge is 0.202 e. The second-order valence-electron chi connectivity index (χ2n) is 8.52. The van der Waals surface area contributed by atoms with E-state index in [0.29, 0.717) is 0 Å². The Labute approximate surface area is 184 Å². The van der Waals surface area contributed by atoms with Gasteiger partial charge in [0.15, 0.2) is 11.6 Å². The van der Waals surface area contributed by atoms with E-state index in [1.165, 1.54) is 26.2 Å². The minimum Gasteiger partial charge on any atom is -0.507 e. The van der Waals surface area contributed by atoms with Crippen LogP contribution in [0.4, 0.5) is 0 Å². The predicted octanol–water partition coefficient (Wildman–Crippen LogP) is 2.61. The maximum absolute atomic E-state index is 13.4. The molecule has 2 aromatic rings. The standard InChI is InChI=1S/C24H24O8/c1-10(2)32-15-9-24(30,11(3)25)8-13-17(15)23(29)19-18(21(13)27)20(26)12-6-5-7-14(31-4)16(12)22(19)28/h5-7,10,15,27,29-30H,8-9H2,1-4H3. The number of aliphatic hydroxyl groups is 1. The zero-order chi connectivity index (χ0) is 23.5. The highest BCUT2D eigenvalue weighted by Gasteiger charge is 2.48. The highest BCUT2D eigenvalue weighted by Crippen LogP contribution is 2.52. The molecule has 0 heterocycles. The quantitative estimate of drug-likeness (QED) is 0.528. The van der Waals surface area contributed by atoms with Gasteiger partial charge in [-0.15, -0.1) is 0 Å². The van der Waals surface area contributed by atoms with Crippen molar-refractivity contribution in [2.45, 2.75) is 51.4 Å². The first-order valence-corrected chi connectivity index (χ1v) is 10.3. The Balaban J connectivity index is 2.03. The molecule has 0 amide bonds. The van der Waals surface area contributed by atoms with Gasteiger partial charge in [0.05, 0.1) is 36.0 Å². The Bertz CT molecular complexity index is 1180. The van der Waals surface area contributed by atoms with Gasteiger partial charge in [-0.05, 0) is 26.8 Å². The van der Waals surface area contributed by atoms with Gasteiger partial charge >= 0.3 is 0 Å². The number of benzene rings is 2. The van der Waals surface area contributed by atoms with Crippen molar-refractivity contribution in [2.75, 3.05) is 7.11 Å². The fourth-order valence-electron chi connectivity index (χ4n) is 4.63. The first-order chi connectivity index (χ1) is 15.0. The molecule has 0 spiro atoms. The number of Topliss-reactive ketones (excluding diaryl/α,β-unsaturated/α-hetero) is 1. The number of hydrogen-bond donors (Lipinski definition) is 3. The van der Waals surface area contributed by atoms with E-state index >= 15 is 0 Å². The molecule has 0 radical (unpaired) electrons. The van der Waals surface area contributed by atoms with Gasteiger partial charge in [0.2, 0.25) is 5.78 Å². The molecular weight excluding hydrogens is 416 g/mol. The van der Waals surface area contributed by atoms with E-state index in [1.807, 2.05) is 0 Å². The van der Waals surface area contributed by atoms with Crippen molar-refractivity contribution < 1.29 is 39.2 Å². The average Bonchev–Trinajstić information content (AvgIpc) is 2.73. The Morgan fingerprint density at radius 1 is 1.09 bits per heavy atom. The van der Waals surface area contributed by atoms with Gasteiger partial charge in [-0.2, -0.15) is 0 Å². The molecule has 0 fully saturated rings. The molecule has 0 aliphatic heterocycles. The molecule has 8 nitrogen and oxygen atoms in total. The minimum atomic E-state index is -1.85. The third kappa shape index (κ3) is 3.02. The number of methoxy groups -OCH3 is 1. The van der Waals surface area contributed by atoms with Crippen molar-refractivity contribution in [3.63, 3.8) is 0 Å². The van der Waals surface area contributed by atoms with Crippen molar-refractivity contribution in [3.05, 3.63) is 51.6 Å². The molecular formula is C24H24O8. The predicted molar refractivity (Wildman–Crippen MR) is 113 cm³/mol. The van der Waals surface area contributed by atoms with E-state index in [9.17, 15) is 29.7 Å². The number of ketones is 3. The lowest BCUT2D eigenvalue weighted by atomic mass is 9.72. The van der Waals surface area contributed by atoms with Crippen LogP contribution in [0.2, 0.25) is 0 Å². The fourth-order valence-corrected chi connectivity index (χ4v) is 4.63. The van der Waals surface area contributed by atoms with Crippen molar-refractivity contribution in [3.8, 4) is 17.2 Å². The molecule has 0 saturated heterocycles. The second-order valence-corrected chi connectivity index (χ2v) is 8.52. The Morgan fingerprint density at radius 2 is 1.75 bits per heavy atom. The molecule has 0 saturated carbocycles. The monoisotopic (exact) mass is 440 g/mol. The third-order valence-electron chi connectivity index (χ3n) is 6.17.